The molecule has 2 aliphatic rings. The Bertz CT molecular complexity index is 1770. The molecule has 0 amide bonds. The molecule has 0 aliphatic carbocycles. The highest BCUT2D eigenvalue weighted by Crippen LogP contribution is 2.37. The summed E-state index contributed by atoms with van der Waals surface area (Å²) in [5.74, 6) is 0.0570. The van der Waals surface area contributed by atoms with Crippen LogP contribution in [0.5, 0.6) is 5.75 Å². The number of anilines is 1. The van der Waals surface area contributed by atoms with Gasteiger partial charge in [0, 0.05) is 11.9 Å². The van der Waals surface area contributed by atoms with E-state index in [0.29, 0.717) is 35.5 Å². The number of aromatic hydroxyl groups is 1. The lowest BCUT2D eigenvalue weighted by molar-refractivity contribution is 0.295. The Hall–Kier alpha value is -3.90. The van der Waals surface area contributed by atoms with Gasteiger partial charge >= 0.3 is 0 Å². The quantitative estimate of drug-likeness (QED) is 0.339. The summed E-state index contributed by atoms with van der Waals surface area (Å²) >= 11 is 0. The molecule has 1 fully saturated rings. The van der Waals surface area contributed by atoms with Crippen LogP contribution in [-0.2, 0) is 16.6 Å². The molecule has 198 valence electrons. The first-order valence-electron chi connectivity index (χ1n) is 12.6. The van der Waals surface area contributed by atoms with Gasteiger partial charge in [0.15, 0.2) is 11.4 Å². The fourth-order valence-electron chi connectivity index (χ4n) is 4.97. The zero-order valence-corrected chi connectivity index (χ0v) is 21.9. The van der Waals surface area contributed by atoms with Gasteiger partial charge in [-0.15, -0.1) is 4.40 Å². The molecule has 38 heavy (non-hydrogen) atoms. The van der Waals surface area contributed by atoms with Crippen molar-refractivity contribution in [1.29, 1.82) is 0 Å². The third-order valence-corrected chi connectivity index (χ3v) is 8.14. The summed E-state index contributed by atoms with van der Waals surface area (Å²) in [7, 11) is -4.30. The fraction of sp³-hybridized carbons (Fsp3) is 0.346. The standard InChI is InChI=1S/C26H28N6O5S/c1-15(2)13-27-32-18-8-4-3-7-16(18)23(33)21(26(32)34)25-28-17-9-10-19-22(24(17)38(35,36)30-25)29-20(37-19)14-31-11-5-6-12-31/h3-4,7-10,15,27,33H,5-6,11-14H2,1-2H3,(H,28,30). The Kier molecular flexibility index (Phi) is 5.88. The zero-order valence-electron chi connectivity index (χ0n) is 21.1. The largest absolute Gasteiger partial charge is 0.506 e. The Morgan fingerprint density at radius 1 is 1.16 bits per heavy atom. The van der Waals surface area contributed by atoms with Crippen molar-refractivity contribution >= 4 is 43.5 Å². The van der Waals surface area contributed by atoms with Gasteiger partial charge in [0.1, 0.15) is 21.7 Å². The number of para-hydroxylation sites is 1. The minimum Gasteiger partial charge on any atom is -0.506 e. The zero-order chi connectivity index (χ0) is 26.6. The van der Waals surface area contributed by atoms with Crippen molar-refractivity contribution in [3.8, 4) is 5.75 Å². The number of likely N-dealkylation sites (tertiary alicyclic amines) is 1. The summed E-state index contributed by atoms with van der Waals surface area (Å²) in [6.07, 6.45) is 2.23. The minimum absolute atomic E-state index is 0.117. The molecule has 0 bridgehead atoms. The van der Waals surface area contributed by atoms with Crippen molar-refractivity contribution in [2.24, 2.45) is 10.3 Å². The predicted octanol–water partition coefficient (Wildman–Crippen LogP) is 3.20. The number of fused-ring (bicyclic) bond motifs is 4. The smallest absolute Gasteiger partial charge is 0.288 e. The summed E-state index contributed by atoms with van der Waals surface area (Å²) in [4.78, 5) is 20.2. The van der Waals surface area contributed by atoms with Crippen LogP contribution in [-0.4, -0.2) is 53.6 Å². The highest BCUT2D eigenvalue weighted by atomic mass is 32.2. The number of benzene rings is 2. The van der Waals surface area contributed by atoms with E-state index in [-0.39, 0.29) is 39.2 Å². The topological polar surface area (TPSA) is 142 Å². The number of nitrogens with one attached hydrogen (secondary N) is 2. The molecule has 0 radical (unpaired) electrons. The van der Waals surface area contributed by atoms with Crippen molar-refractivity contribution in [3.63, 3.8) is 0 Å². The molecule has 0 unspecified atom stereocenters. The van der Waals surface area contributed by atoms with Gasteiger partial charge in [-0.1, -0.05) is 26.0 Å². The third kappa shape index (κ3) is 4.09. The number of rotatable bonds is 6. The number of hydrogen-bond donors (Lipinski definition) is 3. The molecule has 4 aromatic rings. The monoisotopic (exact) mass is 536 g/mol. The Morgan fingerprint density at radius 3 is 2.68 bits per heavy atom. The maximum absolute atomic E-state index is 13.6. The van der Waals surface area contributed by atoms with Crippen LogP contribution in [0.1, 0.15) is 38.1 Å². The molecular weight excluding hydrogens is 508 g/mol. The molecule has 3 N–H and O–H groups in total. The van der Waals surface area contributed by atoms with Crippen LogP contribution in [0.4, 0.5) is 5.69 Å². The lowest BCUT2D eigenvalue weighted by atomic mass is 10.1. The SMILES string of the molecule is CC(C)CNn1c(=O)c(C2=NS(=O)(=O)c3c(ccc4oc(CN5CCCC5)nc34)N2)c(O)c2ccccc21. The third-order valence-electron chi connectivity index (χ3n) is 6.79. The summed E-state index contributed by atoms with van der Waals surface area (Å²) in [5.41, 5.74) is 3.43. The van der Waals surface area contributed by atoms with Gasteiger partial charge in [-0.3, -0.25) is 9.69 Å². The van der Waals surface area contributed by atoms with Gasteiger partial charge in [-0.05, 0) is 56.1 Å². The van der Waals surface area contributed by atoms with E-state index < -0.39 is 15.6 Å². The first kappa shape index (κ1) is 24.4. The molecule has 6 rings (SSSR count). The number of nitrogens with zero attached hydrogens (tertiary/aromatic N) is 4. The van der Waals surface area contributed by atoms with Gasteiger partial charge in [-0.2, -0.15) is 8.42 Å². The average molecular weight is 537 g/mol. The minimum atomic E-state index is -4.30. The van der Waals surface area contributed by atoms with E-state index in [1.165, 1.54) is 4.68 Å². The van der Waals surface area contributed by atoms with E-state index in [2.05, 4.69) is 25.0 Å². The highest BCUT2D eigenvalue weighted by Gasteiger charge is 2.33. The molecule has 2 aromatic carbocycles. The average Bonchev–Trinajstić information content (AvgIpc) is 3.52. The van der Waals surface area contributed by atoms with E-state index in [1.807, 2.05) is 13.8 Å². The van der Waals surface area contributed by atoms with E-state index in [9.17, 15) is 18.3 Å². The van der Waals surface area contributed by atoms with Gasteiger partial charge in [0.05, 0.1) is 17.7 Å². The molecular formula is C26H28N6O5S. The maximum atomic E-state index is 13.6. The molecule has 1 saturated heterocycles. The van der Waals surface area contributed by atoms with E-state index in [1.54, 1.807) is 36.4 Å². The van der Waals surface area contributed by atoms with Crippen molar-refractivity contribution in [1.82, 2.24) is 14.6 Å². The van der Waals surface area contributed by atoms with Crippen LogP contribution in [0.15, 0.2) is 54.9 Å². The molecule has 0 saturated carbocycles. The number of aromatic nitrogens is 2. The van der Waals surface area contributed by atoms with Crippen molar-refractivity contribution in [2.45, 2.75) is 38.1 Å². The molecule has 0 atom stereocenters. The van der Waals surface area contributed by atoms with Crippen LogP contribution in [0, 0.1) is 5.92 Å². The van der Waals surface area contributed by atoms with Gasteiger partial charge in [0.2, 0.25) is 5.89 Å². The number of amidine groups is 1. The molecule has 4 heterocycles. The molecule has 11 nitrogen and oxygen atoms in total. The lowest BCUT2D eigenvalue weighted by Crippen LogP contribution is -2.37. The highest BCUT2D eigenvalue weighted by molar-refractivity contribution is 7.90. The van der Waals surface area contributed by atoms with Crippen LogP contribution in [0.25, 0.3) is 22.0 Å². The number of hydrogen-bond acceptors (Lipinski definition) is 9. The summed E-state index contributed by atoms with van der Waals surface area (Å²) in [6.45, 7) is 6.88. The Balaban J connectivity index is 1.47. The predicted molar refractivity (Wildman–Crippen MR) is 145 cm³/mol. The number of oxazole rings is 1. The van der Waals surface area contributed by atoms with Crippen LogP contribution >= 0.6 is 0 Å². The second kappa shape index (κ2) is 9.14. The second-order valence-electron chi connectivity index (χ2n) is 10.1. The van der Waals surface area contributed by atoms with Crippen molar-refractivity contribution in [3.05, 3.63) is 58.2 Å². The Labute approximate surface area is 218 Å². The fourth-order valence-corrected chi connectivity index (χ4v) is 6.23. The molecule has 2 aromatic heterocycles. The van der Waals surface area contributed by atoms with Gasteiger partial charge < -0.3 is 20.3 Å². The van der Waals surface area contributed by atoms with Crippen LogP contribution in [0.2, 0.25) is 0 Å². The molecule has 2 aliphatic heterocycles. The molecule has 12 heteroatoms. The number of sulfonamides is 1. The van der Waals surface area contributed by atoms with Gasteiger partial charge in [0.25, 0.3) is 15.6 Å². The number of pyridine rings is 1. The Morgan fingerprint density at radius 2 is 1.92 bits per heavy atom. The van der Waals surface area contributed by atoms with E-state index in [0.717, 1.165) is 25.9 Å². The first-order chi connectivity index (χ1) is 18.2. The van der Waals surface area contributed by atoms with Crippen LogP contribution in [0.3, 0.4) is 0 Å². The van der Waals surface area contributed by atoms with Crippen molar-refractivity contribution < 1.29 is 17.9 Å². The summed E-state index contributed by atoms with van der Waals surface area (Å²) < 4.78 is 38.1. The maximum Gasteiger partial charge on any atom is 0.288 e. The normalized spacial score (nSPS) is 17.1. The van der Waals surface area contributed by atoms with Crippen LogP contribution < -0.4 is 16.3 Å². The van der Waals surface area contributed by atoms with Crippen molar-refractivity contribution in [2.75, 3.05) is 30.4 Å². The van der Waals surface area contributed by atoms with E-state index >= 15 is 0 Å². The van der Waals surface area contributed by atoms with Gasteiger partial charge in [-0.25, -0.2) is 9.66 Å². The molecule has 0 spiro atoms. The summed E-state index contributed by atoms with van der Waals surface area (Å²) in [5, 5.41) is 14.5. The van der Waals surface area contributed by atoms with E-state index in [4.69, 9.17) is 4.42 Å². The summed E-state index contributed by atoms with van der Waals surface area (Å²) in [6, 6.07) is 10.1. The second-order valence-corrected chi connectivity index (χ2v) is 11.6. The first-order valence-corrected chi connectivity index (χ1v) is 14.0. The lowest BCUT2D eigenvalue weighted by Gasteiger charge is -2.21.